The predicted octanol–water partition coefficient (Wildman–Crippen LogP) is 4.68. The summed E-state index contributed by atoms with van der Waals surface area (Å²) in [6.45, 7) is 19.8. The topological polar surface area (TPSA) is 52.0 Å². The van der Waals surface area contributed by atoms with Gasteiger partial charge in [-0.25, -0.2) is 0 Å². The molecule has 2 nitrogen and oxygen atoms in total. The Morgan fingerprint density at radius 2 is 0.850 bits per heavy atom. The lowest BCUT2D eigenvalue weighted by Gasteiger charge is -2.38. The van der Waals surface area contributed by atoms with E-state index in [9.17, 15) is 0 Å². The highest BCUT2D eigenvalue weighted by Crippen LogP contribution is 2.50. The molecule has 0 spiro atoms. The average Bonchev–Trinajstić information content (AvgIpc) is 2.24. The molecule has 0 amide bonds. The van der Waals surface area contributed by atoms with Crippen LogP contribution in [0.2, 0.25) is 0 Å². The quantitative estimate of drug-likeness (QED) is 0.606. The normalized spacial score (nSPS) is 14.7. The Hall–Kier alpha value is 0.620. The fourth-order valence-electron chi connectivity index (χ4n) is 2.73. The summed E-state index contributed by atoms with van der Waals surface area (Å²) in [7, 11) is 4.00. The van der Waals surface area contributed by atoms with Gasteiger partial charge < -0.3 is 11.5 Å². The number of hydrogen-bond donors (Lipinski definition) is 2. The second kappa shape index (κ2) is 7.26. The highest BCUT2D eigenvalue weighted by molar-refractivity contribution is 8.77. The van der Waals surface area contributed by atoms with Crippen LogP contribution in [0.4, 0.5) is 0 Å². The van der Waals surface area contributed by atoms with Crippen molar-refractivity contribution in [1.29, 1.82) is 0 Å². The van der Waals surface area contributed by atoms with Gasteiger partial charge in [0.15, 0.2) is 0 Å². The van der Waals surface area contributed by atoms with Gasteiger partial charge >= 0.3 is 0 Å². The summed E-state index contributed by atoms with van der Waals surface area (Å²) in [5.74, 6) is 0. The van der Waals surface area contributed by atoms with Gasteiger partial charge in [0.05, 0.1) is 0 Å². The Balaban J connectivity index is 4.51. The van der Waals surface area contributed by atoms with Crippen LogP contribution in [-0.2, 0) is 0 Å². The molecule has 0 saturated carbocycles. The molecule has 0 aliphatic heterocycles. The molecule has 0 aliphatic carbocycles. The molecular weight excluding hydrogens is 284 g/mol. The zero-order chi connectivity index (χ0) is 16.2. The van der Waals surface area contributed by atoms with Crippen molar-refractivity contribution in [2.75, 3.05) is 13.1 Å². The Labute approximate surface area is 135 Å². The first kappa shape index (κ1) is 20.6. The third-order valence-corrected chi connectivity index (χ3v) is 7.64. The van der Waals surface area contributed by atoms with Crippen LogP contribution < -0.4 is 11.5 Å². The summed E-state index contributed by atoms with van der Waals surface area (Å²) >= 11 is 0. The lowest BCUT2D eigenvalue weighted by Crippen LogP contribution is -2.33. The standard InChI is InChI=1S/C16H36N2S2/c1-13(2,11-17)9-15(5,6)19-20-16(7,8)10-14(3,4)12-18/h9-12,17-18H2,1-8H3. The molecule has 4 heteroatoms. The van der Waals surface area contributed by atoms with Gasteiger partial charge in [-0.05, 0) is 64.5 Å². The van der Waals surface area contributed by atoms with E-state index < -0.39 is 0 Å². The molecule has 0 unspecified atom stereocenters. The van der Waals surface area contributed by atoms with E-state index in [4.69, 9.17) is 11.5 Å². The fourth-order valence-corrected chi connectivity index (χ4v) is 5.79. The molecule has 0 saturated heterocycles. The molecular formula is C16H36N2S2. The summed E-state index contributed by atoms with van der Waals surface area (Å²) in [5.41, 5.74) is 12.1. The van der Waals surface area contributed by atoms with Gasteiger partial charge in [0, 0.05) is 9.49 Å². The Kier molecular flexibility index (Phi) is 7.48. The third-order valence-electron chi connectivity index (χ3n) is 3.41. The molecule has 4 N–H and O–H groups in total. The van der Waals surface area contributed by atoms with Crippen molar-refractivity contribution in [3.63, 3.8) is 0 Å². The van der Waals surface area contributed by atoms with Gasteiger partial charge in [-0.15, -0.1) is 0 Å². The summed E-state index contributed by atoms with van der Waals surface area (Å²) in [6, 6.07) is 0. The maximum atomic E-state index is 5.87. The smallest absolute Gasteiger partial charge is 0.0213 e. The van der Waals surface area contributed by atoms with Gasteiger partial charge in [-0.3, -0.25) is 0 Å². The van der Waals surface area contributed by atoms with Gasteiger partial charge in [-0.2, -0.15) is 0 Å². The summed E-state index contributed by atoms with van der Waals surface area (Å²) in [4.78, 5) is 0. The van der Waals surface area contributed by atoms with E-state index in [2.05, 4.69) is 55.4 Å². The zero-order valence-corrected chi connectivity index (χ0v) is 16.4. The molecule has 0 rings (SSSR count). The molecule has 20 heavy (non-hydrogen) atoms. The second-order valence-corrected chi connectivity index (χ2v) is 12.3. The van der Waals surface area contributed by atoms with Crippen LogP contribution in [0.3, 0.4) is 0 Å². The summed E-state index contributed by atoms with van der Waals surface area (Å²) < 4.78 is 0.468. The Morgan fingerprint density at radius 1 is 0.600 bits per heavy atom. The minimum atomic E-state index is 0.206. The van der Waals surface area contributed by atoms with E-state index in [1.165, 1.54) is 0 Å². The van der Waals surface area contributed by atoms with Crippen molar-refractivity contribution in [3.8, 4) is 0 Å². The van der Waals surface area contributed by atoms with Gasteiger partial charge in [-0.1, -0.05) is 49.3 Å². The van der Waals surface area contributed by atoms with Crippen molar-refractivity contribution >= 4 is 21.6 Å². The molecule has 122 valence electrons. The highest BCUT2D eigenvalue weighted by atomic mass is 33.1. The minimum absolute atomic E-state index is 0.206. The summed E-state index contributed by atoms with van der Waals surface area (Å²) in [6.07, 6.45) is 2.26. The van der Waals surface area contributed by atoms with Crippen molar-refractivity contribution in [1.82, 2.24) is 0 Å². The van der Waals surface area contributed by atoms with E-state index >= 15 is 0 Å². The Bertz CT molecular complexity index is 267. The molecule has 0 bridgehead atoms. The SMILES string of the molecule is CC(C)(CN)CC(C)(C)SSC(C)(C)CC(C)(C)CN. The first-order chi connectivity index (χ1) is 8.74. The molecule has 0 atom stereocenters. The largest absolute Gasteiger partial charge is 0.330 e. The molecule has 0 fully saturated rings. The van der Waals surface area contributed by atoms with Crippen molar-refractivity contribution in [2.24, 2.45) is 22.3 Å². The molecule has 0 aromatic rings. The van der Waals surface area contributed by atoms with Crippen LogP contribution >= 0.6 is 21.6 Å². The maximum Gasteiger partial charge on any atom is 0.0213 e. The third kappa shape index (κ3) is 8.81. The molecule has 0 radical (unpaired) electrons. The van der Waals surface area contributed by atoms with Crippen LogP contribution in [0.25, 0.3) is 0 Å². The van der Waals surface area contributed by atoms with Crippen molar-refractivity contribution in [2.45, 2.75) is 77.7 Å². The minimum Gasteiger partial charge on any atom is -0.330 e. The van der Waals surface area contributed by atoms with Gasteiger partial charge in [0.25, 0.3) is 0 Å². The van der Waals surface area contributed by atoms with E-state index in [1.807, 2.05) is 21.6 Å². The zero-order valence-electron chi connectivity index (χ0n) is 14.8. The lowest BCUT2D eigenvalue weighted by atomic mass is 9.84. The van der Waals surface area contributed by atoms with E-state index in [0.717, 1.165) is 25.9 Å². The lowest BCUT2D eigenvalue weighted by molar-refractivity contribution is 0.313. The van der Waals surface area contributed by atoms with Gasteiger partial charge in [0.2, 0.25) is 0 Å². The van der Waals surface area contributed by atoms with Gasteiger partial charge in [0.1, 0.15) is 0 Å². The van der Waals surface area contributed by atoms with Crippen molar-refractivity contribution in [3.05, 3.63) is 0 Å². The predicted molar refractivity (Wildman–Crippen MR) is 98.2 cm³/mol. The van der Waals surface area contributed by atoms with Crippen LogP contribution in [0, 0.1) is 10.8 Å². The molecule has 0 heterocycles. The molecule has 0 aromatic carbocycles. The monoisotopic (exact) mass is 320 g/mol. The van der Waals surface area contributed by atoms with E-state index in [-0.39, 0.29) is 20.3 Å². The summed E-state index contributed by atoms with van der Waals surface area (Å²) in [5, 5.41) is 0. The van der Waals surface area contributed by atoms with Crippen LogP contribution in [0.1, 0.15) is 68.2 Å². The van der Waals surface area contributed by atoms with E-state index in [0.29, 0.717) is 0 Å². The highest BCUT2D eigenvalue weighted by Gasteiger charge is 2.33. The maximum absolute atomic E-state index is 5.87. The second-order valence-electron chi connectivity index (χ2n) is 8.78. The van der Waals surface area contributed by atoms with Crippen LogP contribution in [-0.4, -0.2) is 22.6 Å². The molecule has 0 aliphatic rings. The molecule has 0 aromatic heterocycles. The van der Waals surface area contributed by atoms with E-state index in [1.54, 1.807) is 0 Å². The van der Waals surface area contributed by atoms with Crippen LogP contribution in [0.15, 0.2) is 0 Å². The van der Waals surface area contributed by atoms with Crippen molar-refractivity contribution < 1.29 is 0 Å². The Morgan fingerprint density at radius 3 is 1.05 bits per heavy atom. The first-order valence-electron chi connectivity index (χ1n) is 7.51. The number of hydrogen-bond acceptors (Lipinski definition) is 4. The van der Waals surface area contributed by atoms with Crippen LogP contribution in [0.5, 0.6) is 0 Å². The number of nitrogens with two attached hydrogens (primary N) is 2. The average molecular weight is 321 g/mol. The fraction of sp³-hybridized carbons (Fsp3) is 1.00. The first-order valence-corrected chi connectivity index (χ1v) is 9.66. The number of rotatable bonds is 9.